The lowest BCUT2D eigenvalue weighted by atomic mass is 10.0. The van der Waals surface area contributed by atoms with E-state index < -0.39 is 0 Å². The van der Waals surface area contributed by atoms with E-state index >= 15 is 0 Å². The molecule has 3 heterocycles. The molecule has 2 atom stereocenters. The molecule has 2 aliphatic heterocycles. The monoisotopic (exact) mass is 278 g/mol. The van der Waals surface area contributed by atoms with Crippen molar-refractivity contribution < 1.29 is 13.9 Å². The maximum Gasteiger partial charge on any atom is 0.247 e. The van der Waals surface area contributed by atoms with Gasteiger partial charge in [0.05, 0.1) is 12.9 Å². The van der Waals surface area contributed by atoms with Gasteiger partial charge in [0.2, 0.25) is 5.91 Å². The number of nitrogens with zero attached hydrogens (tertiary/aromatic N) is 1. The highest BCUT2D eigenvalue weighted by Gasteiger charge is 2.33. The molecule has 1 amide bonds. The number of likely N-dealkylation sites (N-methyl/N-ethyl adjacent to an activating group) is 1. The largest absolute Gasteiger partial charge is 0.467 e. The zero-order valence-electron chi connectivity index (χ0n) is 11.9. The van der Waals surface area contributed by atoms with Gasteiger partial charge in [-0.05, 0) is 43.9 Å². The summed E-state index contributed by atoms with van der Waals surface area (Å²) in [7, 11) is 1.81. The van der Waals surface area contributed by atoms with Gasteiger partial charge >= 0.3 is 0 Å². The SMILES string of the molecule is CNC1C(=O)N(CC2CCCOC2)CCc2ccoc21. The van der Waals surface area contributed by atoms with Gasteiger partial charge in [-0.15, -0.1) is 0 Å². The van der Waals surface area contributed by atoms with Crippen molar-refractivity contribution in [3.63, 3.8) is 0 Å². The molecule has 3 rings (SSSR count). The van der Waals surface area contributed by atoms with E-state index in [1.807, 2.05) is 18.0 Å². The number of hydrogen-bond donors (Lipinski definition) is 1. The number of furan rings is 1. The molecule has 5 nitrogen and oxygen atoms in total. The minimum Gasteiger partial charge on any atom is -0.467 e. The highest BCUT2D eigenvalue weighted by atomic mass is 16.5. The minimum atomic E-state index is -0.355. The van der Waals surface area contributed by atoms with Crippen LogP contribution in [-0.4, -0.2) is 44.2 Å². The van der Waals surface area contributed by atoms with Gasteiger partial charge in [0.25, 0.3) is 0 Å². The van der Waals surface area contributed by atoms with Gasteiger partial charge in [0.1, 0.15) is 11.8 Å². The van der Waals surface area contributed by atoms with E-state index in [2.05, 4.69) is 5.32 Å². The van der Waals surface area contributed by atoms with Crippen molar-refractivity contribution >= 4 is 5.91 Å². The number of amides is 1. The third-order valence-electron chi connectivity index (χ3n) is 4.27. The zero-order chi connectivity index (χ0) is 13.9. The Morgan fingerprint density at radius 1 is 1.50 bits per heavy atom. The van der Waals surface area contributed by atoms with Crippen molar-refractivity contribution in [2.75, 3.05) is 33.4 Å². The first-order chi connectivity index (χ1) is 9.79. The van der Waals surface area contributed by atoms with E-state index in [0.717, 1.165) is 56.9 Å². The lowest BCUT2D eigenvalue weighted by Gasteiger charge is -2.30. The minimum absolute atomic E-state index is 0.117. The van der Waals surface area contributed by atoms with E-state index in [1.165, 1.54) is 0 Å². The standard InChI is InChI=1S/C15H22N2O3/c1-16-13-14-12(5-8-20-14)4-6-17(15(13)18)9-11-3-2-7-19-10-11/h5,8,11,13,16H,2-4,6-7,9-10H2,1H3. The number of rotatable bonds is 3. The molecular weight excluding hydrogens is 256 g/mol. The Morgan fingerprint density at radius 3 is 3.15 bits per heavy atom. The smallest absolute Gasteiger partial charge is 0.247 e. The summed E-state index contributed by atoms with van der Waals surface area (Å²) in [5, 5.41) is 3.09. The average molecular weight is 278 g/mol. The molecule has 0 spiro atoms. The van der Waals surface area contributed by atoms with E-state index in [1.54, 1.807) is 6.26 Å². The van der Waals surface area contributed by atoms with Crippen molar-refractivity contribution in [1.29, 1.82) is 0 Å². The third kappa shape index (κ3) is 2.60. The van der Waals surface area contributed by atoms with Crippen LogP contribution in [0.5, 0.6) is 0 Å². The van der Waals surface area contributed by atoms with Crippen LogP contribution in [0.25, 0.3) is 0 Å². The highest BCUT2D eigenvalue weighted by Crippen LogP contribution is 2.26. The topological polar surface area (TPSA) is 54.7 Å². The molecule has 2 aliphatic rings. The van der Waals surface area contributed by atoms with Crippen LogP contribution in [0, 0.1) is 5.92 Å². The molecule has 0 radical (unpaired) electrons. The van der Waals surface area contributed by atoms with E-state index in [0.29, 0.717) is 5.92 Å². The summed E-state index contributed by atoms with van der Waals surface area (Å²) in [5.74, 6) is 1.36. The summed E-state index contributed by atoms with van der Waals surface area (Å²) in [6.45, 7) is 3.19. The van der Waals surface area contributed by atoms with Gasteiger partial charge in [-0.1, -0.05) is 0 Å². The Hall–Kier alpha value is -1.33. The van der Waals surface area contributed by atoms with Crippen molar-refractivity contribution in [3.05, 3.63) is 23.7 Å². The number of carbonyl (C=O) groups excluding carboxylic acids is 1. The highest BCUT2D eigenvalue weighted by molar-refractivity contribution is 5.83. The fraction of sp³-hybridized carbons (Fsp3) is 0.667. The predicted octanol–water partition coefficient (Wildman–Crippen LogP) is 1.35. The van der Waals surface area contributed by atoms with Gasteiger partial charge in [0.15, 0.2) is 0 Å². The van der Waals surface area contributed by atoms with Gasteiger partial charge in [0, 0.05) is 19.7 Å². The van der Waals surface area contributed by atoms with Crippen molar-refractivity contribution in [2.24, 2.45) is 5.92 Å². The van der Waals surface area contributed by atoms with Crippen LogP contribution in [0.15, 0.2) is 16.7 Å². The van der Waals surface area contributed by atoms with E-state index in [4.69, 9.17) is 9.15 Å². The normalized spacial score (nSPS) is 27.2. The molecule has 1 N–H and O–H groups in total. The molecule has 1 aromatic rings. The first-order valence-corrected chi connectivity index (χ1v) is 7.39. The molecule has 0 saturated carbocycles. The number of hydrogen-bond acceptors (Lipinski definition) is 4. The van der Waals surface area contributed by atoms with Crippen molar-refractivity contribution in [1.82, 2.24) is 10.2 Å². The van der Waals surface area contributed by atoms with Gasteiger partial charge in [-0.3, -0.25) is 4.79 Å². The molecule has 110 valence electrons. The quantitative estimate of drug-likeness (QED) is 0.907. The number of ether oxygens (including phenoxy) is 1. The molecule has 20 heavy (non-hydrogen) atoms. The first-order valence-electron chi connectivity index (χ1n) is 7.39. The second kappa shape index (κ2) is 5.97. The van der Waals surface area contributed by atoms with Crippen LogP contribution < -0.4 is 5.32 Å². The Bertz CT molecular complexity index is 465. The third-order valence-corrected chi connectivity index (χ3v) is 4.27. The van der Waals surface area contributed by atoms with Crippen molar-refractivity contribution in [2.45, 2.75) is 25.3 Å². The van der Waals surface area contributed by atoms with Crippen LogP contribution in [0.3, 0.4) is 0 Å². The Kier molecular flexibility index (Phi) is 4.08. The second-order valence-electron chi connectivity index (χ2n) is 5.65. The Balaban J connectivity index is 1.73. The van der Waals surface area contributed by atoms with Crippen LogP contribution >= 0.6 is 0 Å². The second-order valence-corrected chi connectivity index (χ2v) is 5.65. The number of fused-ring (bicyclic) bond motifs is 1. The lowest BCUT2D eigenvalue weighted by Crippen LogP contribution is -2.42. The predicted molar refractivity (Wildman–Crippen MR) is 74.3 cm³/mol. The maximum atomic E-state index is 12.7. The lowest BCUT2D eigenvalue weighted by molar-refractivity contribution is -0.134. The molecule has 0 aliphatic carbocycles. The fourth-order valence-corrected chi connectivity index (χ4v) is 3.17. The van der Waals surface area contributed by atoms with E-state index in [9.17, 15) is 4.79 Å². The number of carbonyl (C=O) groups is 1. The fourth-order valence-electron chi connectivity index (χ4n) is 3.17. The molecule has 1 fully saturated rings. The Morgan fingerprint density at radius 2 is 2.40 bits per heavy atom. The molecule has 5 heteroatoms. The van der Waals surface area contributed by atoms with Crippen molar-refractivity contribution in [3.8, 4) is 0 Å². The summed E-state index contributed by atoms with van der Waals surface area (Å²) in [6.07, 6.45) is 4.79. The molecule has 0 bridgehead atoms. The first kappa shape index (κ1) is 13.6. The van der Waals surface area contributed by atoms with Gasteiger partial charge in [-0.25, -0.2) is 0 Å². The summed E-state index contributed by atoms with van der Waals surface area (Å²) in [4.78, 5) is 14.6. The number of nitrogens with one attached hydrogen (secondary N) is 1. The summed E-state index contributed by atoms with van der Waals surface area (Å²) in [5.41, 5.74) is 1.14. The van der Waals surface area contributed by atoms with Crippen LogP contribution in [-0.2, 0) is 16.0 Å². The molecule has 1 aromatic heterocycles. The molecular formula is C15H22N2O3. The van der Waals surface area contributed by atoms with Crippen LogP contribution in [0.4, 0.5) is 0 Å². The Labute approximate surface area is 119 Å². The molecule has 1 saturated heterocycles. The summed E-state index contributed by atoms with van der Waals surface area (Å²) < 4.78 is 11.0. The average Bonchev–Trinajstić information content (AvgIpc) is 2.89. The summed E-state index contributed by atoms with van der Waals surface area (Å²) >= 11 is 0. The maximum absolute atomic E-state index is 12.7. The molecule has 2 unspecified atom stereocenters. The van der Waals surface area contributed by atoms with Gasteiger partial charge < -0.3 is 19.4 Å². The van der Waals surface area contributed by atoms with Crippen LogP contribution in [0.2, 0.25) is 0 Å². The van der Waals surface area contributed by atoms with Gasteiger partial charge in [-0.2, -0.15) is 0 Å². The van der Waals surface area contributed by atoms with E-state index in [-0.39, 0.29) is 11.9 Å². The zero-order valence-corrected chi connectivity index (χ0v) is 11.9. The molecule has 0 aromatic carbocycles. The summed E-state index contributed by atoms with van der Waals surface area (Å²) in [6, 6.07) is 1.62. The van der Waals surface area contributed by atoms with Crippen LogP contribution in [0.1, 0.15) is 30.2 Å².